The molecule has 1 fully saturated rings. The molecular weight excluding hydrogens is 364 g/mol. The van der Waals surface area contributed by atoms with Crippen molar-refractivity contribution in [3.63, 3.8) is 0 Å². The number of amides is 3. The van der Waals surface area contributed by atoms with Crippen LogP contribution in [-0.4, -0.2) is 49.1 Å². The van der Waals surface area contributed by atoms with E-state index in [0.29, 0.717) is 28.7 Å². The molecule has 150 valence electrons. The van der Waals surface area contributed by atoms with Gasteiger partial charge in [0.25, 0.3) is 5.91 Å². The second-order valence-electron chi connectivity index (χ2n) is 7.51. The molecule has 1 heterocycles. The number of likely N-dealkylation sites (tertiary alicyclic amines) is 1. The van der Waals surface area contributed by atoms with Crippen LogP contribution in [0.2, 0.25) is 5.02 Å². The number of carbonyl (C=O) groups excluding carboxylic acids is 2. The molecule has 7 heteroatoms. The predicted molar refractivity (Wildman–Crippen MR) is 111 cm³/mol. The lowest BCUT2D eigenvalue weighted by Gasteiger charge is -2.32. The Hall–Kier alpha value is -1.79. The number of benzene rings is 1. The van der Waals surface area contributed by atoms with Crippen molar-refractivity contribution < 1.29 is 9.59 Å². The van der Waals surface area contributed by atoms with Crippen LogP contribution in [0.3, 0.4) is 0 Å². The van der Waals surface area contributed by atoms with Crippen LogP contribution in [-0.2, 0) is 0 Å². The van der Waals surface area contributed by atoms with E-state index in [4.69, 9.17) is 11.6 Å². The van der Waals surface area contributed by atoms with Crippen LogP contribution in [0.4, 0.5) is 10.5 Å². The molecule has 1 aromatic rings. The maximum Gasteiger partial charge on any atom is 0.319 e. The number of nitrogens with one attached hydrogen (secondary N) is 3. The minimum absolute atomic E-state index is 0.190. The summed E-state index contributed by atoms with van der Waals surface area (Å²) in [4.78, 5) is 26.8. The van der Waals surface area contributed by atoms with E-state index in [1.54, 1.807) is 18.2 Å². The van der Waals surface area contributed by atoms with Gasteiger partial charge >= 0.3 is 6.03 Å². The summed E-state index contributed by atoms with van der Waals surface area (Å²) in [7, 11) is 0. The lowest BCUT2D eigenvalue weighted by atomic mass is 10.1. The summed E-state index contributed by atoms with van der Waals surface area (Å²) in [5.74, 6) is 0.162. The van der Waals surface area contributed by atoms with Crippen molar-refractivity contribution in [2.24, 2.45) is 5.92 Å². The Balaban J connectivity index is 1.84. The third kappa shape index (κ3) is 7.03. The van der Waals surface area contributed by atoms with E-state index < -0.39 is 0 Å². The van der Waals surface area contributed by atoms with Crippen LogP contribution in [0.5, 0.6) is 0 Å². The van der Waals surface area contributed by atoms with Crippen LogP contribution in [0.1, 0.15) is 50.4 Å². The van der Waals surface area contributed by atoms with Gasteiger partial charge in [-0.25, -0.2) is 4.79 Å². The number of rotatable bonds is 7. The second-order valence-corrected chi connectivity index (χ2v) is 7.92. The molecule has 1 aliphatic heterocycles. The van der Waals surface area contributed by atoms with Gasteiger partial charge in [-0.05, 0) is 49.9 Å². The summed E-state index contributed by atoms with van der Waals surface area (Å²) >= 11 is 6.22. The Morgan fingerprint density at radius 2 is 1.96 bits per heavy atom. The zero-order valence-electron chi connectivity index (χ0n) is 16.5. The molecule has 0 aliphatic carbocycles. The first-order valence-electron chi connectivity index (χ1n) is 9.76. The first-order valence-corrected chi connectivity index (χ1v) is 10.1. The Kier molecular flexibility index (Phi) is 8.38. The average Bonchev–Trinajstić information content (AvgIpc) is 2.61. The minimum atomic E-state index is -0.239. The van der Waals surface area contributed by atoms with E-state index in [-0.39, 0.29) is 18.0 Å². The average molecular weight is 395 g/mol. The number of hydrogen-bond acceptors (Lipinski definition) is 3. The van der Waals surface area contributed by atoms with Crippen molar-refractivity contribution in [2.45, 2.75) is 46.1 Å². The van der Waals surface area contributed by atoms with Gasteiger partial charge in [0, 0.05) is 31.4 Å². The van der Waals surface area contributed by atoms with Gasteiger partial charge in [-0.15, -0.1) is 0 Å². The van der Waals surface area contributed by atoms with Crippen molar-refractivity contribution in [3.8, 4) is 0 Å². The number of halogens is 1. The zero-order chi connectivity index (χ0) is 19.8. The maximum atomic E-state index is 12.2. The number of nitrogens with zero attached hydrogens (tertiary/aromatic N) is 1. The minimum Gasteiger partial charge on any atom is -0.352 e. The van der Waals surface area contributed by atoms with Crippen LogP contribution in [0.15, 0.2) is 18.2 Å². The monoisotopic (exact) mass is 394 g/mol. The molecule has 1 aromatic carbocycles. The third-order valence-electron chi connectivity index (χ3n) is 4.61. The standard InChI is InChI=1S/C20H31ClN4O2/c1-4-9-25-10-7-15(8-11-25)23-20(27)24-16-5-6-17(18(21)12-16)19(26)22-13-14(2)3/h5-6,12,14-15H,4,7-11,13H2,1-3H3,(H,22,26)(H2,23,24,27). The van der Waals surface area contributed by atoms with Gasteiger partial charge in [0.2, 0.25) is 0 Å². The van der Waals surface area contributed by atoms with Crippen molar-refractivity contribution in [2.75, 3.05) is 31.5 Å². The Morgan fingerprint density at radius 1 is 1.26 bits per heavy atom. The summed E-state index contributed by atoms with van der Waals surface area (Å²) in [6, 6.07) is 4.89. The van der Waals surface area contributed by atoms with E-state index >= 15 is 0 Å². The topological polar surface area (TPSA) is 73.5 Å². The lowest BCUT2D eigenvalue weighted by molar-refractivity contribution is 0.0949. The van der Waals surface area contributed by atoms with Gasteiger partial charge in [-0.2, -0.15) is 0 Å². The SMILES string of the molecule is CCCN1CCC(NC(=O)Nc2ccc(C(=O)NCC(C)C)c(Cl)c2)CC1. The predicted octanol–water partition coefficient (Wildman–Crippen LogP) is 3.72. The van der Waals surface area contributed by atoms with Crippen molar-refractivity contribution in [1.82, 2.24) is 15.5 Å². The van der Waals surface area contributed by atoms with Crippen molar-refractivity contribution in [3.05, 3.63) is 28.8 Å². The van der Waals surface area contributed by atoms with Crippen molar-refractivity contribution >= 4 is 29.2 Å². The summed E-state index contributed by atoms with van der Waals surface area (Å²) in [5, 5.41) is 8.98. The molecular formula is C20H31ClN4O2. The fourth-order valence-corrected chi connectivity index (χ4v) is 3.41. The van der Waals surface area contributed by atoms with E-state index in [2.05, 4.69) is 27.8 Å². The molecule has 0 saturated carbocycles. The molecule has 0 unspecified atom stereocenters. The molecule has 0 radical (unpaired) electrons. The molecule has 0 bridgehead atoms. The smallest absolute Gasteiger partial charge is 0.319 e. The molecule has 1 saturated heterocycles. The number of urea groups is 1. The van der Waals surface area contributed by atoms with E-state index in [0.717, 1.165) is 38.9 Å². The Labute approximate surface area is 167 Å². The third-order valence-corrected chi connectivity index (χ3v) is 4.92. The first-order chi connectivity index (χ1) is 12.9. The molecule has 0 spiro atoms. The zero-order valence-corrected chi connectivity index (χ0v) is 17.2. The normalized spacial score (nSPS) is 15.6. The van der Waals surface area contributed by atoms with E-state index in [1.165, 1.54) is 0 Å². The molecule has 2 rings (SSSR count). The highest BCUT2D eigenvalue weighted by molar-refractivity contribution is 6.34. The number of carbonyl (C=O) groups is 2. The summed E-state index contributed by atoms with van der Waals surface area (Å²) in [6.45, 7) is 9.99. The fourth-order valence-electron chi connectivity index (χ4n) is 3.14. The Bertz CT molecular complexity index is 643. The molecule has 0 aromatic heterocycles. The van der Waals surface area contributed by atoms with E-state index in [1.807, 2.05) is 13.8 Å². The largest absolute Gasteiger partial charge is 0.352 e. The molecule has 3 amide bonds. The molecule has 0 atom stereocenters. The highest BCUT2D eigenvalue weighted by Gasteiger charge is 2.20. The molecule has 1 aliphatic rings. The van der Waals surface area contributed by atoms with Gasteiger partial charge in [0.1, 0.15) is 0 Å². The van der Waals surface area contributed by atoms with Crippen LogP contribution in [0.25, 0.3) is 0 Å². The number of piperidine rings is 1. The van der Waals surface area contributed by atoms with Gasteiger partial charge in [-0.1, -0.05) is 32.4 Å². The van der Waals surface area contributed by atoms with Gasteiger partial charge < -0.3 is 20.9 Å². The molecule has 6 nitrogen and oxygen atoms in total. The Morgan fingerprint density at radius 3 is 2.56 bits per heavy atom. The highest BCUT2D eigenvalue weighted by atomic mass is 35.5. The van der Waals surface area contributed by atoms with Crippen LogP contribution < -0.4 is 16.0 Å². The summed E-state index contributed by atoms with van der Waals surface area (Å²) in [6.07, 6.45) is 3.08. The fraction of sp³-hybridized carbons (Fsp3) is 0.600. The number of anilines is 1. The summed E-state index contributed by atoms with van der Waals surface area (Å²) < 4.78 is 0. The summed E-state index contributed by atoms with van der Waals surface area (Å²) in [5.41, 5.74) is 0.980. The molecule has 3 N–H and O–H groups in total. The van der Waals surface area contributed by atoms with Gasteiger partial charge in [0.05, 0.1) is 10.6 Å². The maximum absolute atomic E-state index is 12.2. The van der Waals surface area contributed by atoms with Crippen LogP contribution >= 0.6 is 11.6 Å². The second kappa shape index (κ2) is 10.5. The quantitative estimate of drug-likeness (QED) is 0.659. The number of hydrogen-bond donors (Lipinski definition) is 3. The van der Waals surface area contributed by atoms with Crippen LogP contribution in [0, 0.1) is 5.92 Å². The first kappa shape index (κ1) is 21.5. The van der Waals surface area contributed by atoms with Gasteiger partial charge in [-0.3, -0.25) is 4.79 Å². The lowest BCUT2D eigenvalue weighted by Crippen LogP contribution is -2.46. The van der Waals surface area contributed by atoms with Gasteiger partial charge in [0.15, 0.2) is 0 Å². The molecule has 27 heavy (non-hydrogen) atoms. The van der Waals surface area contributed by atoms with Crippen molar-refractivity contribution in [1.29, 1.82) is 0 Å². The van der Waals surface area contributed by atoms with E-state index in [9.17, 15) is 9.59 Å². The highest BCUT2D eigenvalue weighted by Crippen LogP contribution is 2.21.